The van der Waals surface area contributed by atoms with Crippen LogP contribution in [0.4, 0.5) is 10.1 Å². The molecule has 2 heterocycles. The largest absolute Gasteiger partial charge is 0.317 e. The second-order valence-corrected chi connectivity index (χ2v) is 10.1. The van der Waals surface area contributed by atoms with Gasteiger partial charge in [-0.15, -0.1) is 10.2 Å². The lowest BCUT2D eigenvalue weighted by atomic mass is 10.2. The van der Waals surface area contributed by atoms with Gasteiger partial charge in [0.1, 0.15) is 10.8 Å². The highest BCUT2D eigenvalue weighted by Gasteiger charge is 2.38. The first kappa shape index (κ1) is 21.5. The third kappa shape index (κ3) is 4.36. The topological polar surface area (TPSA) is 92.3 Å². The lowest BCUT2D eigenvalue weighted by Crippen LogP contribution is -2.30. The Morgan fingerprint density at radius 1 is 1.19 bits per heavy atom. The van der Waals surface area contributed by atoms with Gasteiger partial charge in [0.15, 0.2) is 0 Å². The van der Waals surface area contributed by atoms with E-state index in [1.165, 1.54) is 22.5 Å². The third-order valence-corrected chi connectivity index (χ3v) is 8.13. The first-order valence-corrected chi connectivity index (χ1v) is 12.2. The van der Waals surface area contributed by atoms with Gasteiger partial charge in [0.25, 0.3) is 5.91 Å². The lowest BCUT2D eigenvalue weighted by Gasteiger charge is -2.22. The zero-order valence-corrected chi connectivity index (χ0v) is 18.4. The van der Waals surface area contributed by atoms with Crippen molar-refractivity contribution in [3.8, 4) is 0 Å². The molecule has 1 amide bonds. The number of benzene rings is 2. The molecule has 0 spiro atoms. The van der Waals surface area contributed by atoms with E-state index >= 15 is 0 Å². The van der Waals surface area contributed by atoms with Crippen molar-refractivity contribution in [1.29, 1.82) is 0 Å². The maximum absolute atomic E-state index is 13.8. The van der Waals surface area contributed by atoms with Crippen LogP contribution in [0.15, 0.2) is 53.4 Å². The van der Waals surface area contributed by atoms with Gasteiger partial charge in [-0.3, -0.25) is 4.79 Å². The smallest absolute Gasteiger partial charge is 0.286 e. The van der Waals surface area contributed by atoms with Crippen LogP contribution in [0.1, 0.15) is 46.2 Å². The summed E-state index contributed by atoms with van der Waals surface area (Å²) >= 11 is 1.02. The summed E-state index contributed by atoms with van der Waals surface area (Å²) in [4.78, 5) is 12.7. The van der Waals surface area contributed by atoms with Gasteiger partial charge < -0.3 is 5.32 Å². The summed E-state index contributed by atoms with van der Waals surface area (Å²) in [7, 11) is -3.70. The summed E-state index contributed by atoms with van der Waals surface area (Å²) in [5, 5.41) is 11.0. The maximum Gasteiger partial charge on any atom is 0.286 e. The molecule has 1 aromatic heterocycles. The van der Waals surface area contributed by atoms with E-state index in [2.05, 4.69) is 15.5 Å². The molecular formula is C21H21FN4O3S2. The molecule has 0 saturated carbocycles. The molecule has 7 nitrogen and oxygen atoms in total. The summed E-state index contributed by atoms with van der Waals surface area (Å²) in [6.07, 6.45) is 2.11. The van der Waals surface area contributed by atoms with Crippen LogP contribution in [0.25, 0.3) is 0 Å². The first-order chi connectivity index (χ1) is 14.9. The zero-order chi connectivity index (χ0) is 22.0. The number of nitrogens with one attached hydrogen (secondary N) is 1. The summed E-state index contributed by atoms with van der Waals surface area (Å²) < 4.78 is 41.6. The molecule has 1 aliphatic rings. The van der Waals surface area contributed by atoms with Crippen LogP contribution in [0, 0.1) is 5.82 Å². The molecule has 3 aromatic rings. The summed E-state index contributed by atoms with van der Waals surface area (Å²) in [5.74, 6) is -1.14. The molecule has 2 aromatic carbocycles. The first-order valence-electron chi connectivity index (χ1n) is 9.90. The SMILES string of the molecule is CCc1ccc(S(=O)(=O)N2CCC[C@H]2c2nnc(C(=O)Nc3ccccc3F)s2)cc1. The van der Waals surface area contributed by atoms with Crippen molar-refractivity contribution in [2.24, 2.45) is 0 Å². The van der Waals surface area contributed by atoms with Gasteiger partial charge in [0.2, 0.25) is 15.0 Å². The molecule has 1 N–H and O–H groups in total. The summed E-state index contributed by atoms with van der Waals surface area (Å²) in [6, 6.07) is 12.2. The number of para-hydroxylation sites is 1. The Morgan fingerprint density at radius 2 is 1.94 bits per heavy atom. The monoisotopic (exact) mass is 460 g/mol. The van der Waals surface area contributed by atoms with Crippen LogP contribution in [-0.2, 0) is 16.4 Å². The standard InChI is InChI=1S/C21H21FN4O3S2/c1-2-14-9-11-15(12-10-14)31(28,29)26-13-5-8-18(26)20-24-25-21(30-20)19(27)23-17-7-4-3-6-16(17)22/h3-4,6-7,9-12,18H,2,5,8,13H2,1H3,(H,23,27)/t18-/m0/s1. The van der Waals surface area contributed by atoms with Gasteiger partial charge in [-0.1, -0.05) is 42.5 Å². The number of aryl methyl sites for hydroxylation is 1. The van der Waals surface area contributed by atoms with E-state index < -0.39 is 27.8 Å². The fourth-order valence-electron chi connectivity index (χ4n) is 3.51. The fourth-order valence-corrected chi connectivity index (χ4v) is 6.12. The van der Waals surface area contributed by atoms with E-state index in [0.29, 0.717) is 24.4 Å². The minimum Gasteiger partial charge on any atom is -0.317 e. The molecule has 4 rings (SSSR count). The normalized spacial score (nSPS) is 17.0. The highest BCUT2D eigenvalue weighted by molar-refractivity contribution is 7.89. The molecule has 0 unspecified atom stereocenters. The molecule has 31 heavy (non-hydrogen) atoms. The van der Waals surface area contributed by atoms with Crippen LogP contribution < -0.4 is 5.32 Å². The molecule has 0 aliphatic carbocycles. The highest BCUT2D eigenvalue weighted by atomic mass is 32.2. The van der Waals surface area contributed by atoms with E-state index in [1.54, 1.807) is 18.2 Å². The van der Waals surface area contributed by atoms with Crippen LogP contribution in [0.3, 0.4) is 0 Å². The Labute approximate surface area is 184 Å². The van der Waals surface area contributed by atoms with Crippen LogP contribution in [-0.4, -0.2) is 35.4 Å². The second-order valence-electron chi connectivity index (χ2n) is 7.15. The number of aromatic nitrogens is 2. The van der Waals surface area contributed by atoms with E-state index in [9.17, 15) is 17.6 Å². The predicted molar refractivity (Wildman–Crippen MR) is 116 cm³/mol. The molecule has 1 atom stereocenters. The molecule has 1 fully saturated rings. The van der Waals surface area contributed by atoms with Crippen molar-refractivity contribution in [3.63, 3.8) is 0 Å². The summed E-state index contributed by atoms with van der Waals surface area (Å²) in [6.45, 7) is 2.38. The van der Waals surface area contributed by atoms with Gasteiger partial charge in [-0.25, -0.2) is 12.8 Å². The van der Waals surface area contributed by atoms with Crippen LogP contribution in [0.5, 0.6) is 0 Å². The van der Waals surface area contributed by atoms with E-state index in [0.717, 1.165) is 23.3 Å². The molecule has 0 radical (unpaired) electrons. The van der Waals surface area contributed by atoms with Crippen LogP contribution in [0.2, 0.25) is 0 Å². The van der Waals surface area contributed by atoms with Crippen molar-refractivity contribution >= 4 is 33.0 Å². The lowest BCUT2D eigenvalue weighted by molar-refractivity contribution is 0.102. The van der Waals surface area contributed by atoms with Gasteiger partial charge >= 0.3 is 0 Å². The number of amides is 1. The molecule has 0 bridgehead atoms. The Hall–Kier alpha value is -2.69. The van der Waals surface area contributed by atoms with E-state index in [-0.39, 0.29) is 15.6 Å². The number of nitrogens with zero attached hydrogens (tertiary/aromatic N) is 3. The maximum atomic E-state index is 13.8. The van der Waals surface area contributed by atoms with Gasteiger partial charge in [0.05, 0.1) is 16.6 Å². The molecule has 10 heteroatoms. The number of hydrogen-bond acceptors (Lipinski definition) is 6. The number of sulfonamides is 1. The van der Waals surface area contributed by atoms with Gasteiger partial charge in [-0.2, -0.15) is 4.31 Å². The van der Waals surface area contributed by atoms with Crippen molar-refractivity contribution in [2.75, 3.05) is 11.9 Å². The zero-order valence-electron chi connectivity index (χ0n) is 16.8. The van der Waals surface area contributed by atoms with Gasteiger partial charge in [-0.05, 0) is 49.1 Å². The average molecular weight is 461 g/mol. The molecule has 1 saturated heterocycles. The van der Waals surface area contributed by atoms with Crippen molar-refractivity contribution < 1.29 is 17.6 Å². The average Bonchev–Trinajstić information content (AvgIpc) is 3.45. The van der Waals surface area contributed by atoms with E-state index in [1.807, 2.05) is 19.1 Å². The number of rotatable bonds is 6. The second kappa shape index (κ2) is 8.81. The fraction of sp³-hybridized carbons (Fsp3) is 0.286. The predicted octanol–water partition coefficient (Wildman–Crippen LogP) is 4.02. The Kier molecular flexibility index (Phi) is 6.12. The number of hydrogen-bond donors (Lipinski definition) is 1. The molecule has 1 aliphatic heterocycles. The van der Waals surface area contributed by atoms with Gasteiger partial charge in [0, 0.05) is 6.54 Å². The van der Waals surface area contributed by atoms with Crippen molar-refractivity contribution in [3.05, 3.63) is 69.9 Å². The summed E-state index contributed by atoms with van der Waals surface area (Å²) in [5.41, 5.74) is 1.11. The Bertz CT molecular complexity index is 1200. The Morgan fingerprint density at radius 3 is 2.65 bits per heavy atom. The highest BCUT2D eigenvalue weighted by Crippen LogP contribution is 2.37. The number of carbonyl (C=O) groups excluding carboxylic acids is 1. The van der Waals surface area contributed by atoms with Crippen LogP contribution >= 0.6 is 11.3 Å². The molecular weight excluding hydrogens is 439 g/mol. The number of anilines is 1. The van der Waals surface area contributed by atoms with Crippen molar-refractivity contribution in [1.82, 2.24) is 14.5 Å². The van der Waals surface area contributed by atoms with Crippen molar-refractivity contribution in [2.45, 2.75) is 37.1 Å². The minimum atomic E-state index is -3.70. The minimum absolute atomic E-state index is 0.0462. The Balaban J connectivity index is 1.54. The number of carbonyl (C=O) groups is 1. The quantitative estimate of drug-likeness (QED) is 0.600. The van der Waals surface area contributed by atoms with E-state index in [4.69, 9.17) is 0 Å². The number of halogens is 1. The molecule has 162 valence electrons. The third-order valence-electron chi connectivity index (χ3n) is 5.18.